The van der Waals surface area contributed by atoms with E-state index < -0.39 is 0 Å². The minimum absolute atomic E-state index is 0.764. The van der Waals surface area contributed by atoms with E-state index in [1.54, 1.807) is 6.20 Å². The highest BCUT2D eigenvalue weighted by Gasteiger charge is 1.98. The van der Waals surface area contributed by atoms with Crippen LogP contribution in [0.2, 0.25) is 5.02 Å². The minimum Gasteiger partial charge on any atom is -0.397 e. The third-order valence-electron chi connectivity index (χ3n) is 2.07. The van der Waals surface area contributed by atoms with Crippen molar-refractivity contribution in [3.8, 4) is 0 Å². The highest BCUT2D eigenvalue weighted by molar-refractivity contribution is 6.30. The molecule has 0 amide bonds. The molecule has 1 aromatic heterocycles. The van der Waals surface area contributed by atoms with Crippen molar-refractivity contribution in [2.24, 2.45) is 0 Å². The topological polar surface area (TPSA) is 41.8 Å². The standard InChI is InChI=1S/C11H11ClN2/c12-9-3-1-8(2-4-9)5-11-6-10(13)7-14-11/h1-4,6-7,14H,5,13H2. The highest BCUT2D eigenvalue weighted by atomic mass is 35.5. The molecule has 0 aliphatic rings. The molecule has 0 bridgehead atoms. The van der Waals surface area contributed by atoms with Gasteiger partial charge in [0, 0.05) is 29.0 Å². The van der Waals surface area contributed by atoms with E-state index >= 15 is 0 Å². The van der Waals surface area contributed by atoms with Crippen LogP contribution in [0.25, 0.3) is 0 Å². The largest absolute Gasteiger partial charge is 0.397 e. The second-order valence-electron chi connectivity index (χ2n) is 3.26. The SMILES string of the molecule is Nc1c[nH]c(Cc2ccc(Cl)cc2)c1. The summed E-state index contributed by atoms with van der Waals surface area (Å²) in [6.45, 7) is 0. The predicted molar refractivity (Wildman–Crippen MR) is 59.5 cm³/mol. The molecule has 3 heteroatoms. The van der Waals surface area contributed by atoms with Crippen LogP contribution in [0.1, 0.15) is 11.3 Å². The normalized spacial score (nSPS) is 10.4. The van der Waals surface area contributed by atoms with Crippen LogP contribution in [0, 0.1) is 0 Å². The van der Waals surface area contributed by atoms with E-state index in [0.717, 1.165) is 22.8 Å². The summed E-state index contributed by atoms with van der Waals surface area (Å²) in [7, 11) is 0. The van der Waals surface area contributed by atoms with Gasteiger partial charge in [-0.2, -0.15) is 0 Å². The zero-order valence-corrected chi connectivity index (χ0v) is 8.38. The lowest BCUT2D eigenvalue weighted by Gasteiger charge is -1.98. The first-order valence-electron chi connectivity index (χ1n) is 4.41. The number of benzene rings is 1. The fourth-order valence-corrected chi connectivity index (χ4v) is 1.51. The number of aromatic nitrogens is 1. The molecule has 2 aromatic rings. The van der Waals surface area contributed by atoms with Crippen molar-refractivity contribution in [2.75, 3.05) is 5.73 Å². The summed E-state index contributed by atoms with van der Waals surface area (Å²) < 4.78 is 0. The lowest BCUT2D eigenvalue weighted by Crippen LogP contribution is -1.87. The number of halogens is 1. The van der Waals surface area contributed by atoms with Gasteiger partial charge in [0.05, 0.1) is 0 Å². The summed E-state index contributed by atoms with van der Waals surface area (Å²) >= 11 is 5.79. The summed E-state index contributed by atoms with van der Waals surface area (Å²) in [6.07, 6.45) is 2.65. The van der Waals surface area contributed by atoms with Gasteiger partial charge < -0.3 is 10.7 Å². The van der Waals surface area contributed by atoms with E-state index in [-0.39, 0.29) is 0 Å². The molecule has 0 unspecified atom stereocenters. The van der Waals surface area contributed by atoms with Crippen LogP contribution in [-0.4, -0.2) is 4.98 Å². The second kappa shape index (κ2) is 3.76. The Balaban J connectivity index is 2.15. The first-order valence-corrected chi connectivity index (χ1v) is 4.79. The van der Waals surface area contributed by atoms with Gasteiger partial charge in [-0.25, -0.2) is 0 Å². The minimum atomic E-state index is 0.764. The van der Waals surface area contributed by atoms with E-state index in [9.17, 15) is 0 Å². The molecule has 0 saturated heterocycles. The zero-order valence-electron chi connectivity index (χ0n) is 7.63. The van der Waals surface area contributed by atoms with Crippen molar-refractivity contribution in [3.05, 3.63) is 52.8 Å². The van der Waals surface area contributed by atoms with Crippen LogP contribution in [0.5, 0.6) is 0 Å². The average Bonchev–Trinajstić information content (AvgIpc) is 2.56. The van der Waals surface area contributed by atoms with E-state index in [4.69, 9.17) is 17.3 Å². The van der Waals surface area contributed by atoms with E-state index in [1.807, 2.05) is 30.3 Å². The molecular weight excluding hydrogens is 196 g/mol. The highest BCUT2D eigenvalue weighted by Crippen LogP contribution is 2.14. The quantitative estimate of drug-likeness (QED) is 0.780. The summed E-state index contributed by atoms with van der Waals surface area (Å²) in [5, 5.41) is 0.764. The number of hydrogen-bond acceptors (Lipinski definition) is 1. The van der Waals surface area contributed by atoms with Crippen molar-refractivity contribution in [3.63, 3.8) is 0 Å². The molecule has 14 heavy (non-hydrogen) atoms. The van der Waals surface area contributed by atoms with Crippen LogP contribution >= 0.6 is 11.6 Å². The van der Waals surface area contributed by atoms with Gasteiger partial charge in [-0.3, -0.25) is 0 Å². The molecule has 72 valence electrons. The van der Waals surface area contributed by atoms with Gasteiger partial charge in [0.2, 0.25) is 0 Å². The summed E-state index contributed by atoms with van der Waals surface area (Å²) in [5.41, 5.74) is 8.71. The number of nitrogens with one attached hydrogen (secondary N) is 1. The van der Waals surface area contributed by atoms with Crippen molar-refractivity contribution in [2.45, 2.75) is 6.42 Å². The molecule has 1 heterocycles. The lowest BCUT2D eigenvalue weighted by atomic mass is 10.1. The number of nitrogens with two attached hydrogens (primary N) is 1. The Bertz CT molecular complexity index is 417. The Labute approximate surface area is 87.7 Å². The first-order chi connectivity index (χ1) is 6.74. The van der Waals surface area contributed by atoms with E-state index in [0.29, 0.717) is 0 Å². The Hall–Kier alpha value is -1.41. The molecule has 0 saturated carbocycles. The Morgan fingerprint density at radius 2 is 1.93 bits per heavy atom. The third-order valence-corrected chi connectivity index (χ3v) is 2.32. The zero-order chi connectivity index (χ0) is 9.97. The fraction of sp³-hybridized carbons (Fsp3) is 0.0909. The summed E-state index contributed by atoms with van der Waals surface area (Å²) in [5.74, 6) is 0. The molecule has 0 radical (unpaired) electrons. The van der Waals surface area contributed by atoms with Crippen LogP contribution in [-0.2, 0) is 6.42 Å². The molecule has 0 atom stereocenters. The maximum absolute atomic E-state index is 5.79. The van der Waals surface area contributed by atoms with Gasteiger partial charge in [0.15, 0.2) is 0 Å². The van der Waals surface area contributed by atoms with Gasteiger partial charge >= 0.3 is 0 Å². The number of anilines is 1. The van der Waals surface area contributed by atoms with Crippen molar-refractivity contribution in [1.82, 2.24) is 4.98 Å². The molecule has 2 nitrogen and oxygen atoms in total. The fourth-order valence-electron chi connectivity index (χ4n) is 1.38. The molecular formula is C11H11ClN2. The first kappa shape index (κ1) is 9.16. The van der Waals surface area contributed by atoms with Gasteiger partial charge in [0.25, 0.3) is 0 Å². The maximum Gasteiger partial charge on any atom is 0.0494 e. The van der Waals surface area contributed by atoms with Gasteiger partial charge in [-0.05, 0) is 23.8 Å². The smallest absolute Gasteiger partial charge is 0.0494 e. The molecule has 2 rings (SSSR count). The Morgan fingerprint density at radius 3 is 2.50 bits per heavy atom. The molecule has 0 aliphatic carbocycles. The van der Waals surface area contributed by atoms with Crippen LogP contribution in [0.15, 0.2) is 36.5 Å². The van der Waals surface area contributed by atoms with E-state index in [1.165, 1.54) is 5.56 Å². The molecule has 3 N–H and O–H groups in total. The number of H-pyrrole nitrogens is 1. The summed E-state index contributed by atoms with van der Waals surface area (Å²) in [6, 6.07) is 9.75. The van der Waals surface area contributed by atoms with Crippen LogP contribution < -0.4 is 5.73 Å². The molecule has 0 fully saturated rings. The second-order valence-corrected chi connectivity index (χ2v) is 3.70. The summed E-state index contributed by atoms with van der Waals surface area (Å²) in [4.78, 5) is 3.11. The molecule has 1 aromatic carbocycles. The maximum atomic E-state index is 5.79. The Morgan fingerprint density at radius 1 is 1.21 bits per heavy atom. The van der Waals surface area contributed by atoms with Crippen LogP contribution in [0.4, 0.5) is 5.69 Å². The Kier molecular flexibility index (Phi) is 2.46. The van der Waals surface area contributed by atoms with Crippen molar-refractivity contribution < 1.29 is 0 Å². The predicted octanol–water partition coefficient (Wildman–Crippen LogP) is 2.84. The van der Waals surface area contributed by atoms with Crippen LogP contribution in [0.3, 0.4) is 0 Å². The van der Waals surface area contributed by atoms with Crippen molar-refractivity contribution in [1.29, 1.82) is 0 Å². The number of hydrogen-bond donors (Lipinski definition) is 2. The number of rotatable bonds is 2. The average molecular weight is 207 g/mol. The van der Waals surface area contributed by atoms with Gasteiger partial charge in [0.1, 0.15) is 0 Å². The third kappa shape index (κ3) is 2.09. The monoisotopic (exact) mass is 206 g/mol. The molecule has 0 aliphatic heterocycles. The van der Waals surface area contributed by atoms with E-state index in [2.05, 4.69) is 4.98 Å². The number of nitrogen functional groups attached to an aromatic ring is 1. The number of aromatic amines is 1. The van der Waals surface area contributed by atoms with Gasteiger partial charge in [-0.1, -0.05) is 23.7 Å². The van der Waals surface area contributed by atoms with Crippen molar-refractivity contribution >= 4 is 17.3 Å². The lowest BCUT2D eigenvalue weighted by molar-refractivity contribution is 1.11. The van der Waals surface area contributed by atoms with Gasteiger partial charge in [-0.15, -0.1) is 0 Å². The molecule has 0 spiro atoms.